The number of hydrogen-bond donors (Lipinski definition) is 4. The summed E-state index contributed by atoms with van der Waals surface area (Å²) >= 11 is 0. The number of nitrogens with one attached hydrogen (secondary N) is 4. The fourth-order valence-electron chi connectivity index (χ4n) is 3.57. The molecule has 4 rings (SSSR count). The molecule has 1 amide bonds. The maximum Gasteiger partial charge on any atom is 0.234 e. The summed E-state index contributed by atoms with van der Waals surface area (Å²) in [5, 5.41) is 6.01. The molecule has 0 spiro atoms. The first-order valence-electron chi connectivity index (χ1n) is 8.88. The third kappa shape index (κ3) is 3.70. The van der Waals surface area contributed by atoms with Crippen molar-refractivity contribution in [3.8, 4) is 0 Å². The largest absolute Gasteiger partial charge is 0.379 e. The molecule has 0 bridgehead atoms. The highest BCUT2D eigenvalue weighted by Gasteiger charge is 2.38. The topological polar surface area (TPSA) is 90.0 Å². The Hall–Kier alpha value is -2.07. The van der Waals surface area contributed by atoms with Crippen molar-refractivity contribution in [2.24, 2.45) is 10.9 Å². The molecule has 3 aliphatic heterocycles. The Labute approximate surface area is 151 Å². The van der Waals surface area contributed by atoms with Gasteiger partial charge in [-0.25, -0.2) is 9.82 Å². The van der Waals surface area contributed by atoms with Crippen LogP contribution in [0, 0.1) is 11.7 Å². The van der Waals surface area contributed by atoms with Gasteiger partial charge in [0.1, 0.15) is 12.0 Å². The first kappa shape index (κ1) is 17.3. The molecule has 0 radical (unpaired) electrons. The van der Waals surface area contributed by atoms with Crippen LogP contribution in [0.2, 0.25) is 0 Å². The van der Waals surface area contributed by atoms with Crippen LogP contribution in [0.5, 0.6) is 0 Å². The predicted octanol–water partition coefficient (Wildman–Crippen LogP) is -0.675. The van der Waals surface area contributed by atoms with Gasteiger partial charge >= 0.3 is 0 Å². The molecule has 0 aliphatic carbocycles. The summed E-state index contributed by atoms with van der Waals surface area (Å²) in [5.41, 5.74) is 6.87. The zero-order valence-electron chi connectivity index (χ0n) is 14.4. The molecule has 0 aromatic heterocycles. The van der Waals surface area contributed by atoms with E-state index in [1.807, 2.05) is 6.07 Å². The Morgan fingerprint density at radius 2 is 2.19 bits per heavy atom. The van der Waals surface area contributed by atoms with Crippen molar-refractivity contribution >= 4 is 11.9 Å². The molecule has 3 fully saturated rings. The van der Waals surface area contributed by atoms with Gasteiger partial charge in [0.25, 0.3) is 0 Å². The fourth-order valence-corrected chi connectivity index (χ4v) is 3.57. The molecule has 3 heterocycles. The van der Waals surface area contributed by atoms with Gasteiger partial charge in [-0.1, -0.05) is 12.1 Å². The van der Waals surface area contributed by atoms with Crippen LogP contribution < -0.4 is 21.5 Å². The van der Waals surface area contributed by atoms with Crippen molar-refractivity contribution in [3.05, 3.63) is 35.6 Å². The van der Waals surface area contributed by atoms with Gasteiger partial charge in [-0.2, -0.15) is 0 Å². The minimum Gasteiger partial charge on any atom is -0.379 e. The molecule has 9 heteroatoms. The number of nitrogens with zero attached hydrogens (tertiary/aromatic N) is 2. The number of hydrogen-bond acceptors (Lipinski definition) is 6. The lowest BCUT2D eigenvalue weighted by Crippen LogP contribution is -2.61. The molecule has 8 nitrogen and oxygen atoms in total. The Morgan fingerprint density at radius 1 is 1.35 bits per heavy atom. The van der Waals surface area contributed by atoms with Crippen molar-refractivity contribution < 1.29 is 13.9 Å². The van der Waals surface area contributed by atoms with E-state index in [-0.39, 0.29) is 29.8 Å². The summed E-state index contributed by atoms with van der Waals surface area (Å²) in [6.45, 7) is 3.82. The normalized spacial score (nSPS) is 29.1. The van der Waals surface area contributed by atoms with E-state index in [4.69, 9.17) is 4.74 Å². The molecule has 3 atom stereocenters. The number of morpholine rings is 1. The van der Waals surface area contributed by atoms with E-state index in [2.05, 4.69) is 31.4 Å². The third-order valence-corrected chi connectivity index (χ3v) is 4.99. The second-order valence-corrected chi connectivity index (χ2v) is 6.65. The first-order chi connectivity index (χ1) is 12.7. The number of guanidine groups is 1. The van der Waals surface area contributed by atoms with Gasteiger partial charge < -0.3 is 10.1 Å². The number of benzene rings is 1. The molecular weight excluding hydrogens is 339 g/mol. The van der Waals surface area contributed by atoms with Crippen molar-refractivity contribution in [2.45, 2.75) is 12.2 Å². The van der Waals surface area contributed by atoms with Crippen LogP contribution in [0.4, 0.5) is 4.39 Å². The number of halogens is 1. The van der Waals surface area contributed by atoms with E-state index in [0.29, 0.717) is 32.3 Å². The molecule has 140 valence electrons. The zero-order valence-corrected chi connectivity index (χ0v) is 14.4. The maximum atomic E-state index is 13.7. The average molecular weight is 362 g/mol. The summed E-state index contributed by atoms with van der Waals surface area (Å²) in [6.07, 6.45) is -0.168. The van der Waals surface area contributed by atoms with Crippen LogP contribution >= 0.6 is 0 Å². The highest BCUT2D eigenvalue weighted by Crippen LogP contribution is 2.23. The molecular formula is C17H23FN6O2. The van der Waals surface area contributed by atoms with Crippen LogP contribution in [0.25, 0.3) is 0 Å². The SMILES string of the molecule is O=C1NC(=NCC(c2cccc(F)c2)N2CCOCC2)NC2NNCC12. The van der Waals surface area contributed by atoms with Crippen molar-refractivity contribution in [1.29, 1.82) is 0 Å². The molecule has 1 aromatic rings. The Bertz CT molecular complexity index is 694. The van der Waals surface area contributed by atoms with Crippen LogP contribution in [0.3, 0.4) is 0 Å². The summed E-state index contributed by atoms with van der Waals surface area (Å²) in [4.78, 5) is 19.0. The first-order valence-corrected chi connectivity index (χ1v) is 8.88. The van der Waals surface area contributed by atoms with E-state index >= 15 is 0 Å². The van der Waals surface area contributed by atoms with E-state index in [1.165, 1.54) is 6.07 Å². The van der Waals surface area contributed by atoms with Crippen LogP contribution in [-0.2, 0) is 9.53 Å². The summed E-state index contributed by atoms with van der Waals surface area (Å²) < 4.78 is 19.2. The average Bonchev–Trinajstić information content (AvgIpc) is 3.12. The van der Waals surface area contributed by atoms with E-state index in [0.717, 1.165) is 18.7 Å². The van der Waals surface area contributed by atoms with Gasteiger partial charge in [-0.15, -0.1) is 0 Å². The Kier molecular flexibility index (Phi) is 5.11. The van der Waals surface area contributed by atoms with Gasteiger partial charge in [0.05, 0.1) is 31.7 Å². The molecule has 0 saturated carbocycles. The number of carbonyl (C=O) groups excluding carboxylic acids is 1. The molecule has 4 N–H and O–H groups in total. The Balaban J connectivity index is 1.51. The van der Waals surface area contributed by atoms with Gasteiger partial charge in [0.15, 0.2) is 5.96 Å². The lowest BCUT2D eigenvalue weighted by atomic mass is 10.0. The fraction of sp³-hybridized carbons (Fsp3) is 0.529. The molecule has 26 heavy (non-hydrogen) atoms. The van der Waals surface area contributed by atoms with Crippen LogP contribution in [0.1, 0.15) is 11.6 Å². The van der Waals surface area contributed by atoms with Gasteiger partial charge in [0, 0.05) is 19.6 Å². The number of rotatable bonds is 4. The van der Waals surface area contributed by atoms with E-state index < -0.39 is 0 Å². The molecule has 3 unspecified atom stereocenters. The number of amides is 1. The van der Waals surface area contributed by atoms with E-state index in [1.54, 1.807) is 12.1 Å². The van der Waals surface area contributed by atoms with Gasteiger partial charge in [-0.05, 0) is 17.7 Å². The van der Waals surface area contributed by atoms with Gasteiger partial charge in [-0.3, -0.25) is 25.4 Å². The molecule has 3 aliphatic rings. The standard InChI is InChI=1S/C17H23FN6O2/c18-12-3-1-2-11(8-12)14(24-4-6-26-7-5-24)10-19-17-21-15-13(9-20-23-15)16(25)22-17/h1-3,8,13-15,20,23H,4-7,9-10H2,(H2,19,21,22,25). The monoisotopic (exact) mass is 362 g/mol. The zero-order chi connectivity index (χ0) is 17.9. The number of hydrazine groups is 1. The summed E-state index contributed by atoms with van der Waals surface area (Å²) in [7, 11) is 0. The van der Waals surface area contributed by atoms with Crippen molar-refractivity contribution in [3.63, 3.8) is 0 Å². The van der Waals surface area contributed by atoms with Crippen molar-refractivity contribution in [1.82, 2.24) is 26.4 Å². The predicted molar refractivity (Wildman–Crippen MR) is 93.5 cm³/mol. The quantitative estimate of drug-likeness (QED) is 0.568. The summed E-state index contributed by atoms with van der Waals surface area (Å²) in [6, 6.07) is 6.53. The van der Waals surface area contributed by atoms with Gasteiger partial charge in [0.2, 0.25) is 5.91 Å². The van der Waals surface area contributed by atoms with Crippen LogP contribution in [0.15, 0.2) is 29.3 Å². The minimum absolute atomic E-state index is 0.0568. The Morgan fingerprint density at radius 3 is 3.00 bits per heavy atom. The maximum absolute atomic E-state index is 13.7. The lowest BCUT2D eigenvalue weighted by Gasteiger charge is -2.34. The van der Waals surface area contributed by atoms with Crippen LogP contribution in [-0.4, -0.2) is 62.3 Å². The molecule has 1 aromatic carbocycles. The third-order valence-electron chi connectivity index (χ3n) is 4.99. The number of ether oxygens (including phenoxy) is 1. The molecule has 3 saturated heterocycles. The highest BCUT2D eigenvalue weighted by molar-refractivity contribution is 6.01. The highest BCUT2D eigenvalue weighted by atomic mass is 19.1. The lowest BCUT2D eigenvalue weighted by molar-refractivity contribution is -0.124. The number of carbonyl (C=O) groups is 1. The van der Waals surface area contributed by atoms with E-state index in [9.17, 15) is 9.18 Å². The second kappa shape index (κ2) is 7.67. The number of fused-ring (bicyclic) bond motifs is 1. The van der Waals surface area contributed by atoms with Crippen molar-refractivity contribution in [2.75, 3.05) is 39.4 Å². The minimum atomic E-state index is -0.262. The smallest absolute Gasteiger partial charge is 0.234 e. The number of aliphatic imine (C=N–C) groups is 1. The second-order valence-electron chi connectivity index (χ2n) is 6.65. The summed E-state index contributed by atoms with van der Waals surface area (Å²) in [5.74, 6) is -0.0328.